The number of rotatable bonds is 5. The molecule has 0 bridgehead atoms. The predicted molar refractivity (Wildman–Crippen MR) is 35.4 cm³/mol. The van der Waals surface area contributed by atoms with Crippen LogP contribution in [-0.2, 0) is 9.59 Å². The van der Waals surface area contributed by atoms with Crippen molar-refractivity contribution in [2.75, 3.05) is 7.05 Å². The van der Waals surface area contributed by atoms with Crippen molar-refractivity contribution in [1.82, 2.24) is 5.32 Å². The molecule has 1 atom stereocenters. The smallest absolute Gasteiger partial charge is 0.303 e. The van der Waals surface area contributed by atoms with Gasteiger partial charge in [-0.25, -0.2) is 0 Å². The SMILES string of the molecule is CN[C@H]([C]=O)CCC(=O)O. The summed E-state index contributed by atoms with van der Waals surface area (Å²) in [6.45, 7) is 0. The average Bonchev–Trinajstić information content (AvgIpc) is 1.90. The first-order valence-corrected chi connectivity index (χ1v) is 2.97. The van der Waals surface area contributed by atoms with Gasteiger partial charge in [0.1, 0.15) is 0 Å². The highest BCUT2D eigenvalue weighted by Gasteiger charge is 2.06. The molecule has 0 amide bonds. The van der Waals surface area contributed by atoms with Crippen molar-refractivity contribution in [3.05, 3.63) is 0 Å². The Bertz CT molecular complexity index is 124. The lowest BCUT2D eigenvalue weighted by molar-refractivity contribution is -0.137. The number of hydrogen-bond donors (Lipinski definition) is 2. The topological polar surface area (TPSA) is 66.4 Å². The maximum absolute atomic E-state index is 9.98. The minimum absolute atomic E-state index is 0.000741. The van der Waals surface area contributed by atoms with Crippen LogP contribution in [0.4, 0.5) is 0 Å². The van der Waals surface area contributed by atoms with Gasteiger partial charge in [0.15, 0.2) is 0 Å². The quantitative estimate of drug-likeness (QED) is 0.548. The molecule has 0 saturated carbocycles. The first-order chi connectivity index (χ1) is 4.70. The van der Waals surface area contributed by atoms with Crippen molar-refractivity contribution in [3.63, 3.8) is 0 Å². The Morgan fingerprint density at radius 1 is 1.80 bits per heavy atom. The summed E-state index contributed by atoms with van der Waals surface area (Å²) in [6.07, 6.45) is 1.98. The summed E-state index contributed by atoms with van der Waals surface area (Å²) < 4.78 is 0. The van der Waals surface area contributed by atoms with Crippen molar-refractivity contribution in [3.8, 4) is 0 Å². The molecule has 10 heavy (non-hydrogen) atoms. The maximum Gasteiger partial charge on any atom is 0.303 e. The Kier molecular flexibility index (Phi) is 4.49. The van der Waals surface area contributed by atoms with E-state index in [0.717, 1.165) is 0 Å². The van der Waals surface area contributed by atoms with Crippen LogP contribution in [0.25, 0.3) is 0 Å². The van der Waals surface area contributed by atoms with Gasteiger partial charge in [-0.05, 0) is 13.5 Å². The van der Waals surface area contributed by atoms with E-state index in [2.05, 4.69) is 5.32 Å². The van der Waals surface area contributed by atoms with Gasteiger partial charge in [-0.3, -0.25) is 9.59 Å². The Labute approximate surface area is 59.2 Å². The molecular formula is C6H10NO3. The molecule has 2 N–H and O–H groups in total. The zero-order valence-electron chi connectivity index (χ0n) is 5.76. The van der Waals surface area contributed by atoms with E-state index in [4.69, 9.17) is 5.11 Å². The van der Waals surface area contributed by atoms with Crippen LogP contribution in [0.2, 0.25) is 0 Å². The molecule has 0 aliphatic carbocycles. The molecule has 0 heterocycles. The summed E-state index contributed by atoms with van der Waals surface area (Å²) >= 11 is 0. The summed E-state index contributed by atoms with van der Waals surface area (Å²) in [6, 6.07) is -0.448. The largest absolute Gasteiger partial charge is 0.481 e. The lowest BCUT2D eigenvalue weighted by Gasteiger charge is -2.03. The monoisotopic (exact) mass is 144 g/mol. The van der Waals surface area contributed by atoms with E-state index in [0.29, 0.717) is 6.42 Å². The highest BCUT2D eigenvalue weighted by atomic mass is 16.4. The number of aliphatic carboxylic acids is 1. The number of carbonyl (C=O) groups is 1. The van der Waals surface area contributed by atoms with Crippen LogP contribution in [0.5, 0.6) is 0 Å². The van der Waals surface area contributed by atoms with E-state index in [-0.39, 0.29) is 6.42 Å². The van der Waals surface area contributed by atoms with Crippen molar-refractivity contribution >= 4 is 12.3 Å². The molecule has 0 aliphatic rings. The van der Waals surface area contributed by atoms with Crippen molar-refractivity contribution < 1.29 is 14.7 Å². The molecule has 57 valence electrons. The first kappa shape index (κ1) is 9.10. The lowest BCUT2D eigenvalue weighted by atomic mass is 10.2. The molecule has 0 fully saturated rings. The molecule has 1 radical (unpaired) electrons. The van der Waals surface area contributed by atoms with Gasteiger partial charge in [0.25, 0.3) is 0 Å². The van der Waals surface area contributed by atoms with Gasteiger partial charge in [-0.15, -0.1) is 0 Å². The van der Waals surface area contributed by atoms with Crippen LogP contribution in [-0.4, -0.2) is 30.5 Å². The average molecular weight is 144 g/mol. The van der Waals surface area contributed by atoms with E-state index < -0.39 is 12.0 Å². The molecule has 0 aromatic heterocycles. The Hall–Kier alpha value is -0.900. The van der Waals surface area contributed by atoms with Crippen molar-refractivity contribution in [2.45, 2.75) is 18.9 Å². The summed E-state index contributed by atoms with van der Waals surface area (Å²) in [7, 11) is 1.59. The summed E-state index contributed by atoms with van der Waals surface area (Å²) in [5.41, 5.74) is 0. The molecule has 4 heteroatoms. The summed E-state index contributed by atoms with van der Waals surface area (Å²) in [5.74, 6) is -0.893. The van der Waals surface area contributed by atoms with Gasteiger partial charge in [-0.1, -0.05) is 0 Å². The highest BCUT2D eigenvalue weighted by Crippen LogP contribution is 1.92. The predicted octanol–water partition coefficient (Wildman–Crippen LogP) is -0.451. The first-order valence-electron chi connectivity index (χ1n) is 2.97. The van der Waals surface area contributed by atoms with Gasteiger partial charge in [-0.2, -0.15) is 0 Å². The molecule has 0 aliphatic heterocycles. The van der Waals surface area contributed by atoms with Crippen molar-refractivity contribution in [2.24, 2.45) is 0 Å². The van der Waals surface area contributed by atoms with Gasteiger partial charge in [0, 0.05) is 6.42 Å². The minimum atomic E-state index is -0.893. The molecule has 4 nitrogen and oxygen atoms in total. The van der Waals surface area contributed by atoms with Crippen LogP contribution in [0.3, 0.4) is 0 Å². The van der Waals surface area contributed by atoms with E-state index in [1.165, 1.54) is 0 Å². The number of hydrogen-bond acceptors (Lipinski definition) is 3. The second-order valence-corrected chi connectivity index (χ2v) is 1.89. The Morgan fingerprint density at radius 3 is 2.70 bits per heavy atom. The van der Waals surface area contributed by atoms with Crippen LogP contribution in [0.15, 0.2) is 0 Å². The van der Waals surface area contributed by atoms with E-state index in [1.54, 1.807) is 13.3 Å². The standard InChI is InChI=1S/C6H10NO3/c1-7-5(4-8)2-3-6(9)10/h5,7H,2-3H2,1H3,(H,9,10)/t5-/m0/s1. The van der Waals surface area contributed by atoms with Crippen LogP contribution in [0.1, 0.15) is 12.8 Å². The van der Waals surface area contributed by atoms with Crippen LogP contribution < -0.4 is 5.32 Å². The molecule has 0 unspecified atom stereocenters. The molecule has 0 rings (SSSR count). The highest BCUT2D eigenvalue weighted by molar-refractivity contribution is 5.68. The lowest BCUT2D eigenvalue weighted by Crippen LogP contribution is -2.27. The maximum atomic E-state index is 9.98. The van der Waals surface area contributed by atoms with E-state index in [9.17, 15) is 9.59 Å². The van der Waals surface area contributed by atoms with Crippen molar-refractivity contribution in [1.29, 1.82) is 0 Å². The fourth-order valence-electron chi connectivity index (χ4n) is 0.530. The second kappa shape index (κ2) is 4.93. The number of carboxylic acids is 1. The van der Waals surface area contributed by atoms with E-state index in [1.807, 2.05) is 0 Å². The van der Waals surface area contributed by atoms with Crippen LogP contribution in [0, 0.1) is 0 Å². The van der Waals surface area contributed by atoms with Gasteiger partial charge < -0.3 is 10.4 Å². The zero-order valence-corrected chi connectivity index (χ0v) is 5.76. The Morgan fingerprint density at radius 2 is 2.40 bits per heavy atom. The number of carbonyl (C=O) groups excluding carboxylic acids is 1. The third-order valence-electron chi connectivity index (χ3n) is 1.14. The number of likely N-dealkylation sites (N-methyl/N-ethyl adjacent to an activating group) is 1. The zero-order chi connectivity index (χ0) is 7.98. The Balaban J connectivity index is 3.44. The van der Waals surface area contributed by atoms with E-state index >= 15 is 0 Å². The molecule has 0 aromatic carbocycles. The van der Waals surface area contributed by atoms with Gasteiger partial charge in [0.05, 0.1) is 6.04 Å². The fraction of sp³-hybridized carbons (Fsp3) is 0.667. The van der Waals surface area contributed by atoms with Gasteiger partial charge in [0.2, 0.25) is 6.29 Å². The third-order valence-corrected chi connectivity index (χ3v) is 1.14. The summed E-state index contributed by atoms with van der Waals surface area (Å²) in [5, 5.41) is 10.8. The molecule has 0 saturated heterocycles. The fourth-order valence-corrected chi connectivity index (χ4v) is 0.530. The normalized spacial score (nSPS) is 12.5. The second-order valence-electron chi connectivity index (χ2n) is 1.89. The van der Waals surface area contributed by atoms with Crippen LogP contribution >= 0.6 is 0 Å². The summed E-state index contributed by atoms with van der Waals surface area (Å²) in [4.78, 5) is 19.9. The number of nitrogens with one attached hydrogen (secondary N) is 1. The molecule has 0 aromatic rings. The minimum Gasteiger partial charge on any atom is -0.481 e. The third kappa shape index (κ3) is 4.03. The molecular weight excluding hydrogens is 134 g/mol. The molecule has 0 spiro atoms. The number of carboxylic acid groups (broad SMARTS) is 1. The van der Waals surface area contributed by atoms with Gasteiger partial charge >= 0.3 is 5.97 Å².